The number of carbonyl (C=O) groups excluding carboxylic acids is 3. The summed E-state index contributed by atoms with van der Waals surface area (Å²) >= 11 is 0. The average molecular weight is 353 g/mol. The topological polar surface area (TPSA) is 104 Å². The molecule has 2 N–H and O–H groups in total. The van der Waals surface area contributed by atoms with Gasteiger partial charge < -0.3 is 14.9 Å². The monoisotopic (exact) mass is 353 g/mol. The zero-order chi connectivity index (χ0) is 18.8. The molecule has 1 fully saturated rings. The number of aromatic hydroxyl groups is 2. The number of hydrogen-bond acceptors (Lipinski definition) is 6. The van der Waals surface area contributed by atoms with E-state index in [1.54, 1.807) is 0 Å². The molecule has 0 unspecified atom stereocenters. The number of esters is 1. The van der Waals surface area contributed by atoms with E-state index in [0.717, 1.165) is 4.90 Å². The van der Waals surface area contributed by atoms with E-state index in [1.807, 2.05) is 0 Å². The minimum atomic E-state index is -0.470. The van der Waals surface area contributed by atoms with Crippen molar-refractivity contribution in [3.63, 3.8) is 0 Å². The molecule has 1 aliphatic heterocycles. The van der Waals surface area contributed by atoms with Crippen molar-refractivity contribution >= 4 is 29.5 Å². The van der Waals surface area contributed by atoms with Crippen molar-refractivity contribution in [3.05, 3.63) is 53.6 Å². The molecule has 7 nitrogen and oxygen atoms in total. The summed E-state index contributed by atoms with van der Waals surface area (Å²) in [5.41, 5.74) is 1.13. The van der Waals surface area contributed by atoms with Crippen LogP contribution in [0.4, 0.5) is 5.69 Å². The van der Waals surface area contributed by atoms with Crippen LogP contribution >= 0.6 is 0 Å². The molecule has 2 aromatic carbocycles. The third-order valence-corrected chi connectivity index (χ3v) is 3.77. The summed E-state index contributed by atoms with van der Waals surface area (Å²) < 4.78 is 4.92. The number of hydrogen-bond donors (Lipinski definition) is 2. The summed E-state index contributed by atoms with van der Waals surface area (Å²) in [6, 6.07) is 10.2. The Hall–Kier alpha value is -3.61. The number of phenolic OH excluding ortho intramolecular Hbond substituents is 2. The number of nitrogens with zero attached hydrogens (tertiary/aromatic N) is 1. The Morgan fingerprint density at radius 2 is 1.77 bits per heavy atom. The lowest BCUT2D eigenvalue weighted by Gasteiger charge is -2.13. The van der Waals surface area contributed by atoms with Crippen LogP contribution in [-0.4, -0.2) is 28.0 Å². The number of imide groups is 1. The van der Waals surface area contributed by atoms with Crippen LogP contribution in [0, 0.1) is 0 Å². The molecular formula is C19H15NO6. The molecule has 2 amide bonds. The third kappa shape index (κ3) is 3.41. The summed E-state index contributed by atoms with van der Waals surface area (Å²) in [6.07, 6.45) is 1.42. The van der Waals surface area contributed by atoms with Crippen LogP contribution < -0.4 is 9.64 Å². The van der Waals surface area contributed by atoms with Gasteiger partial charge in [-0.3, -0.25) is 14.4 Å². The first kappa shape index (κ1) is 17.2. The van der Waals surface area contributed by atoms with Crippen molar-refractivity contribution in [1.29, 1.82) is 0 Å². The number of anilines is 1. The van der Waals surface area contributed by atoms with Gasteiger partial charge in [0.25, 0.3) is 5.91 Å². The highest BCUT2D eigenvalue weighted by molar-refractivity contribution is 6.29. The Morgan fingerprint density at radius 3 is 2.38 bits per heavy atom. The highest BCUT2D eigenvalue weighted by Crippen LogP contribution is 2.30. The van der Waals surface area contributed by atoms with Gasteiger partial charge in [-0.15, -0.1) is 0 Å². The van der Waals surface area contributed by atoms with Crippen LogP contribution in [0.15, 0.2) is 48.0 Å². The molecule has 2 aromatic rings. The van der Waals surface area contributed by atoms with Crippen LogP contribution in [-0.2, 0) is 14.4 Å². The fourth-order valence-electron chi connectivity index (χ4n) is 2.61. The first-order valence-electron chi connectivity index (χ1n) is 7.73. The van der Waals surface area contributed by atoms with E-state index < -0.39 is 11.9 Å². The summed E-state index contributed by atoms with van der Waals surface area (Å²) in [5.74, 6) is -1.58. The fourth-order valence-corrected chi connectivity index (χ4v) is 2.61. The van der Waals surface area contributed by atoms with E-state index in [1.165, 1.54) is 55.5 Å². The largest absolute Gasteiger partial charge is 0.504 e. The van der Waals surface area contributed by atoms with E-state index >= 15 is 0 Å². The predicted octanol–water partition coefficient (Wildman–Crippen LogP) is 2.37. The van der Waals surface area contributed by atoms with E-state index in [4.69, 9.17) is 4.74 Å². The molecule has 0 aliphatic carbocycles. The van der Waals surface area contributed by atoms with E-state index in [-0.39, 0.29) is 29.4 Å². The van der Waals surface area contributed by atoms with Crippen LogP contribution in [0.2, 0.25) is 0 Å². The first-order valence-corrected chi connectivity index (χ1v) is 7.73. The lowest BCUT2D eigenvalue weighted by atomic mass is 10.1. The minimum Gasteiger partial charge on any atom is -0.504 e. The summed E-state index contributed by atoms with van der Waals surface area (Å²) in [5, 5.41) is 18.9. The Balaban J connectivity index is 1.85. The van der Waals surface area contributed by atoms with Gasteiger partial charge in [0, 0.05) is 12.5 Å². The maximum absolute atomic E-state index is 12.6. The number of benzene rings is 2. The van der Waals surface area contributed by atoms with Crippen molar-refractivity contribution in [1.82, 2.24) is 0 Å². The Labute approximate surface area is 148 Å². The molecule has 3 rings (SSSR count). The standard InChI is InChI=1S/C19H15NO6/c1-11(21)26-15-5-3-14(4-6-15)20-18(24)10-13(19(20)25)8-12-2-7-16(22)17(23)9-12/h2-9,22-23H,10H2,1H3. The molecule has 0 radical (unpaired) electrons. The molecule has 132 valence electrons. The third-order valence-electron chi connectivity index (χ3n) is 3.77. The quantitative estimate of drug-likeness (QED) is 0.289. The smallest absolute Gasteiger partial charge is 0.308 e. The molecule has 7 heteroatoms. The van der Waals surface area contributed by atoms with E-state index in [2.05, 4.69) is 0 Å². The molecule has 1 saturated heterocycles. The summed E-state index contributed by atoms with van der Waals surface area (Å²) in [6.45, 7) is 1.28. The molecule has 0 atom stereocenters. The Kier molecular flexibility index (Phi) is 4.45. The molecule has 1 heterocycles. The van der Waals surface area contributed by atoms with Crippen LogP contribution in [0.25, 0.3) is 6.08 Å². The maximum Gasteiger partial charge on any atom is 0.308 e. The van der Waals surface area contributed by atoms with Crippen LogP contribution in [0.3, 0.4) is 0 Å². The second-order valence-electron chi connectivity index (χ2n) is 5.72. The van der Waals surface area contributed by atoms with Gasteiger partial charge in [0.1, 0.15) is 5.75 Å². The fraction of sp³-hybridized carbons (Fsp3) is 0.105. The van der Waals surface area contributed by atoms with Crippen molar-refractivity contribution in [2.24, 2.45) is 0 Å². The molecule has 26 heavy (non-hydrogen) atoms. The van der Waals surface area contributed by atoms with Crippen molar-refractivity contribution < 1.29 is 29.3 Å². The van der Waals surface area contributed by atoms with Gasteiger partial charge in [0.15, 0.2) is 11.5 Å². The maximum atomic E-state index is 12.6. The SMILES string of the molecule is CC(=O)Oc1ccc(N2C(=O)CC(=Cc3ccc(O)c(O)c3)C2=O)cc1. The normalized spacial score (nSPS) is 15.6. The lowest BCUT2D eigenvalue weighted by Crippen LogP contribution is -2.28. The minimum absolute atomic E-state index is 0.0772. The Bertz CT molecular complexity index is 930. The first-order chi connectivity index (χ1) is 12.3. The Morgan fingerprint density at radius 1 is 1.08 bits per heavy atom. The summed E-state index contributed by atoms with van der Waals surface area (Å²) in [4.78, 5) is 36.8. The number of phenols is 2. The van der Waals surface area contributed by atoms with Gasteiger partial charge in [0.05, 0.1) is 12.1 Å². The van der Waals surface area contributed by atoms with Gasteiger partial charge in [0.2, 0.25) is 5.91 Å². The molecule has 0 saturated carbocycles. The highest BCUT2D eigenvalue weighted by atomic mass is 16.5. The van der Waals surface area contributed by atoms with Crippen molar-refractivity contribution in [2.45, 2.75) is 13.3 Å². The lowest BCUT2D eigenvalue weighted by molar-refractivity contribution is -0.132. The highest BCUT2D eigenvalue weighted by Gasteiger charge is 2.34. The molecular weight excluding hydrogens is 338 g/mol. The number of amides is 2. The van der Waals surface area contributed by atoms with Gasteiger partial charge in [-0.2, -0.15) is 0 Å². The van der Waals surface area contributed by atoms with Gasteiger partial charge in [-0.25, -0.2) is 4.90 Å². The average Bonchev–Trinajstić information content (AvgIpc) is 2.85. The van der Waals surface area contributed by atoms with Crippen LogP contribution in [0.1, 0.15) is 18.9 Å². The second kappa shape index (κ2) is 6.72. The van der Waals surface area contributed by atoms with Crippen molar-refractivity contribution in [3.8, 4) is 17.2 Å². The second-order valence-corrected chi connectivity index (χ2v) is 5.72. The zero-order valence-electron chi connectivity index (χ0n) is 13.8. The van der Waals surface area contributed by atoms with E-state index in [0.29, 0.717) is 17.0 Å². The summed E-state index contributed by atoms with van der Waals surface area (Å²) in [7, 11) is 0. The molecule has 1 aliphatic rings. The zero-order valence-corrected chi connectivity index (χ0v) is 13.8. The molecule has 0 aromatic heterocycles. The van der Waals surface area contributed by atoms with Gasteiger partial charge >= 0.3 is 5.97 Å². The molecule has 0 spiro atoms. The van der Waals surface area contributed by atoms with Crippen molar-refractivity contribution in [2.75, 3.05) is 4.90 Å². The van der Waals surface area contributed by atoms with Crippen LogP contribution in [0.5, 0.6) is 17.2 Å². The van der Waals surface area contributed by atoms with E-state index in [9.17, 15) is 24.6 Å². The van der Waals surface area contributed by atoms with Gasteiger partial charge in [-0.05, 0) is 48.0 Å². The number of ether oxygens (including phenoxy) is 1. The number of carbonyl (C=O) groups is 3. The predicted molar refractivity (Wildman–Crippen MR) is 92.6 cm³/mol. The molecule has 0 bridgehead atoms. The number of rotatable bonds is 3. The van der Waals surface area contributed by atoms with Gasteiger partial charge in [-0.1, -0.05) is 6.07 Å².